The average Bonchev–Trinajstić information content (AvgIpc) is 3.10. The Bertz CT molecular complexity index is 876. The molecule has 0 saturated carbocycles. The Balaban J connectivity index is 1.46. The van der Waals surface area contributed by atoms with E-state index in [1.54, 1.807) is 30.0 Å². The Labute approximate surface area is 160 Å². The number of aromatic nitrogens is 1. The van der Waals surface area contributed by atoms with Crippen LogP contribution in [0, 0.1) is 5.82 Å². The lowest BCUT2D eigenvalue weighted by Crippen LogP contribution is -2.07. The van der Waals surface area contributed by atoms with Gasteiger partial charge in [-0.2, -0.15) is 11.8 Å². The first kappa shape index (κ1) is 18.4. The minimum absolute atomic E-state index is 0.200. The highest BCUT2D eigenvalue weighted by Gasteiger charge is 2.05. The molecule has 2 aromatic carbocycles. The molecular weight excluding hydrogens is 367 g/mol. The molecule has 1 N–H and O–H groups in total. The predicted octanol–water partition coefficient (Wildman–Crippen LogP) is 5.37. The van der Waals surface area contributed by atoms with E-state index in [0.717, 1.165) is 28.3 Å². The summed E-state index contributed by atoms with van der Waals surface area (Å²) < 4.78 is 12.9. The van der Waals surface area contributed by atoms with Gasteiger partial charge in [0.05, 0.1) is 5.69 Å². The lowest BCUT2D eigenvalue weighted by Gasteiger charge is -2.00. The van der Waals surface area contributed by atoms with E-state index in [1.807, 2.05) is 35.7 Å². The summed E-state index contributed by atoms with van der Waals surface area (Å²) in [6.07, 6.45) is 3.27. The molecule has 6 heteroatoms. The molecule has 3 rings (SSSR count). The second kappa shape index (κ2) is 9.31. The van der Waals surface area contributed by atoms with Crippen molar-refractivity contribution in [3.63, 3.8) is 0 Å². The first-order valence-electron chi connectivity index (χ1n) is 8.00. The van der Waals surface area contributed by atoms with E-state index >= 15 is 0 Å². The van der Waals surface area contributed by atoms with Crippen molar-refractivity contribution in [2.45, 2.75) is 11.5 Å². The molecule has 0 atom stereocenters. The summed E-state index contributed by atoms with van der Waals surface area (Å²) in [7, 11) is 0. The molecule has 0 radical (unpaired) electrons. The monoisotopic (exact) mass is 384 g/mol. The van der Waals surface area contributed by atoms with Crippen molar-refractivity contribution in [1.82, 2.24) is 4.98 Å². The Morgan fingerprint density at radius 3 is 2.65 bits per heavy atom. The van der Waals surface area contributed by atoms with Gasteiger partial charge in [-0.25, -0.2) is 9.37 Å². The summed E-state index contributed by atoms with van der Waals surface area (Å²) in [6.45, 7) is 0. The topological polar surface area (TPSA) is 42.0 Å². The molecule has 132 valence electrons. The zero-order valence-electron chi connectivity index (χ0n) is 13.9. The molecule has 3 aromatic rings. The maximum absolute atomic E-state index is 12.9. The Morgan fingerprint density at radius 1 is 1.12 bits per heavy atom. The quantitative estimate of drug-likeness (QED) is 0.557. The third kappa shape index (κ3) is 5.82. The molecule has 0 aliphatic rings. The van der Waals surface area contributed by atoms with Crippen molar-refractivity contribution in [2.75, 3.05) is 5.32 Å². The fourth-order valence-corrected chi connectivity index (χ4v) is 3.87. The maximum Gasteiger partial charge on any atom is 0.250 e. The first-order chi connectivity index (χ1) is 12.7. The van der Waals surface area contributed by atoms with Gasteiger partial charge in [0.2, 0.25) is 5.91 Å². The van der Waals surface area contributed by atoms with Crippen molar-refractivity contribution in [2.24, 2.45) is 0 Å². The van der Waals surface area contributed by atoms with Crippen molar-refractivity contribution < 1.29 is 9.18 Å². The normalized spacial score (nSPS) is 11.0. The van der Waals surface area contributed by atoms with Gasteiger partial charge in [0.1, 0.15) is 5.82 Å². The van der Waals surface area contributed by atoms with Crippen LogP contribution in [-0.4, -0.2) is 10.9 Å². The largest absolute Gasteiger partial charge is 0.298 e. The molecule has 26 heavy (non-hydrogen) atoms. The highest BCUT2D eigenvalue weighted by molar-refractivity contribution is 7.97. The summed E-state index contributed by atoms with van der Waals surface area (Å²) >= 11 is 3.11. The average molecular weight is 385 g/mol. The van der Waals surface area contributed by atoms with E-state index in [1.165, 1.54) is 29.5 Å². The van der Waals surface area contributed by atoms with Gasteiger partial charge in [0.15, 0.2) is 5.13 Å². The van der Waals surface area contributed by atoms with Gasteiger partial charge < -0.3 is 0 Å². The second-order valence-electron chi connectivity index (χ2n) is 5.50. The van der Waals surface area contributed by atoms with Gasteiger partial charge >= 0.3 is 0 Å². The molecule has 0 saturated heterocycles. The number of carbonyl (C=O) groups excluding carboxylic acids is 1. The number of hydrogen-bond donors (Lipinski definition) is 1. The molecular formula is C20H17FN2OS2. The van der Waals surface area contributed by atoms with Crippen molar-refractivity contribution in [3.8, 4) is 0 Å². The molecule has 1 amide bonds. The number of rotatable bonds is 7. The zero-order chi connectivity index (χ0) is 18.2. The number of thiazole rings is 1. The van der Waals surface area contributed by atoms with Crippen LogP contribution in [0.5, 0.6) is 0 Å². The van der Waals surface area contributed by atoms with E-state index < -0.39 is 0 Å². The fraction of sp³-hybridized carbons (Fsp3) is 0.100. The van der Waals surface area contributed by atoms with Crippen molar-refractivity contribution in [1.29, 1.82) is 0 Å². The molecule has 3 nitrogen and oxygen atoms in total. The van der Waals surface area contributed by atoms with E-state index in [4.69, 9.17) is 0 Å². The van der Waals surface area contributed by atoms with Crippen LogP contribution < -0.4 is 5.32 Å². The Kier molecular flexibility index (Phi) is 6.57. The third-order valence-corrected chi connectivity index (χ3v) is 5.28. The number of amides is 1. The number of hydrogen-bond acceptors (Lipinski definition) is 4. The van der Waals surface area contributed by atoms with E-state index in [0.29, 0.717) is 5.13 Å². The standard InChI is InChI=1S/C20H17FN2OS2/c21-17-9-6-16(7-10-17)12-25-13-18-14-26-20(22-18)23-19(24)11-8-15-4-2-1-3-5-15/h1-11,14H,12-13H2,(H,22,23,24)/b11-8+. The van der Waals surface area contributed by atoms with E-state index in [2.05, 4.69) is 10.3 Å². The SMILES string of the molecule is O=C(/C=C/c1ccccc1)Nc1nc(CSCc2ccc(F)cc2)cs1. The number of nitrogens with one attached hydrogen (secondary N) is 1. The van der Waals surface area contributed by atoms with Gasteiger partial charge in [0.25, 0.3) is 0 Å². The molecule has 0 aliphatic heterocycles. The Morgan fingerprint density at radius 2 is 1.88 bits per heavy atom. The van der Waals surface area contributed by atoms with Crippen LogP contribution >= 0.6 is 23.1 Å². The fourth-order valence-electron chi connectivity index (χ4n) is 2.17. The van der Waals surface area contributed by atoms with Crippen LogP contribution in [0.4, 0.5) is 9.52 Å². The first-order valence-corrected chi connectivity index (χ1v) is 10.0. The minimum Gasteiger partial charge on any atom is -0.298 e. The molecule has 1 heterocycles. The van der Waals surface area contributed by atoms with Crippen LogP contribution in [0.25, 0.3) is 6.08 Å². The van der Waals surface area contributed by atoms with E-state index in [9.17, 15) is 9.18 Å². The summed E-state index contributed by atoms with van der Waals surface area (Å²) in [6, 6.07) is 16.2. The highest BCUT2D eigenvalue weighted by atomic mass is 32.2. The van der Waals surface area contributed by atoms with Gasteiger partial charge in [0, 0.05) is 23.0 Å². The number of benzene rings is 2. The van der Waals surface area contributed by atoms with Crippen molar-refractivity contribution in [3.05, 3.63) is 88.7 Å². The molecule has 0 spiro atoms. The lowest BCUT2D eigenvalue weighted by molar-refractivity contribution is -0.111. The number of thioether (sulfide) groups is 1. The van der Waals surface area contributed by atoms with Gasteiger partial charge in [-0.05, 0) is 29.3 Å². The Hall–Kier alpha value is -2.44. The van der Waals surface area contributed by atoms with Crippen molar-refractivity contribution >= 4 is 40.2 Å². The van der Waals surface area contributed by atoms with Gasteiger partial charge in [-0.15, -0.1) is 11.3 Å². The number of carbonyl (C=O) groups is 1. The number of nitrogens with zero attached hydrogens (tertiary/aromatic N) is 1. The smallest absolute Gasteiger partial charge is 0.250 e. The second-order valence-corrected chi connectivity index (χ2v) is 7.34. The lowest BCUT2D eigenvalue weighted by atomic mass is 10.2. The van der Waals surface area contributed by atoms with Crippen LogP contribution in [0.3, 0.4) is 0 Å². The predicted molar refractivity (Wildman–Crippen MR) is 108 cm³/mol. The summed E-state index contributed by atoms with van der Waals surface area (Å²) in [5.41, 5.74) is 2.97. The van der Waals surface area contributed by atoms with E-state index in [-0.39, 0.29) is 11.7 Å². The molecule has 0 fully saturated rings. The minimum atomic E-state index is -0.222. The highest BCUT2D eigenvalue weighted by Crippen LogP contribution is 2.22. The third-order valence-electron chi connectivity index (χ3n) is 3.44. The number of anilines is 1. The zero-order valence-corrected chi connectivity index (χ0v) is 15.5. The van der Waals surface area contributed by atoms with Gasteiger partial charge in [-0.3, -0.25) is 10.1 Å². The summed E-state index contributed by atoms with van der Waals surface area (Å²) in [5, 5.41) is 5.30. The molecule has 1 aromatic heterocycles. The summed E-state index contributed by atoms with van der Waals surface area (Å²) in [4.78, 5) is 16.4. The summed E-state index contributed by atoms with van der Waals surface area (Å²) in [5.74, 6) is 1.11. The molecule has 0 unspecified atom stereocenters. The van der Waals surface area contributed by atoms with Gasteiger partial charge in [-0.1, -0.05) is 42.5 Å². The molecule has 0 bridgehead atoms. The van der Waals surface area contributed by atoms with Crippen LogP contribution in [0.1, 0.15) is 16.8 Å². The number of halogens is 1. The van der Waals surface area contributed by atoms with Crippen LogP contribution in [0.15, 0.2) is 66.1 Å². The maximum atomic E-state index is 12.9. The van der Waals surface area contributed by atoms with Crippen LogP contribution in [-0.2, 0) is 16.3 Å². The molecule has 0 aliphatic carbocycles. The van der Waals surface area contributed by atoms with Crippen LogP contribution in [0.2, 0.25) is 0 Å².